The SMILES string of the molecule is CCCN(CC(=O)Nc1cc(-c2ccccc2)nn1-c1ccc(F)cc1)C(=O)Nc1ccc(OC)cc1OC. The average molecular weight is 532 g/mol. The molecule has 0 bridgehead atoms. The van der Waals surface area contributed by atoms with Gasteiger partial charge in [0.15, 0.2) is 0 Å². The number of urea groups is 1. The number of rotatable bonds is 10. The van der Waals surface area contributed by atoms with Gasteiger partial charge in [-0.1, -0.05) is 37.3 Å². The first-order valence-electron chi connectivity index (χ1n) is 12.4. The van der Waals surface area contributed by atoms with E-state index in [-0.39, 0.29) is 12.4 Å². The lowest BCUT2D eigenvalue weighted by atomic mass is 10.1. The van der Waals surface area contributed by atoms with Gasteiger partial charge in [-0.25, -0.2) is 13.9 Å². The second-order valence-corrected chi connectivity index (χ2v) is 8.64. The molecule has 0 saturated heterocycles. The molecule has 0 unspecified atom stereocenters. The van der Waals surface area contributed by atoms with Crippen molar-refractivity contribution in [2.24, 2.45) is 0 Å². The Balaban J connectivity index is 1.54. The van der Waals surface area contributed by atoms with Crippen LogP contribution in [0.1, 0.15) is 13.3 Å². The van der Waals surface area contributed by atoms with Crippen LogP contribution in [0.2, 0.25) is 0 Å². The smallest absolute Gasteiger partial charge is 0.322 e. The number of halogens is 1. The van der Waals surface area contributed by atoms with Crippen molar-refractivity contribution in [1.29, 1.82) is 0 Å². The molecular weight excluding hydrogens is 501 g/mol. The van der Waals surface area contributed by atoms with Gasteiger partial charge >= 0.3 is 6.03 Å². The number of hydrogen-bond acceptors (Lipinski definition) is 5. The molecule has 4 aromatic rings. The van der Waals surface area contributed by atoms with Crippen molar-refractivity contribution in [3.8, 4) is 28.4 Å². The van der Waals surface area contributed by atoms with Crippen LogP contribution in [0.5, 0.6) is 11.5 Å². The Kier molecular flexibility index (Phi) is 8.78. The Morgan fingerprint density at radius 1 is 0.949 bits per heavy atom. The van der Waals surface area contributed by atoms with E-state index in [4.69, 9.17) is 9.47 Å². The fraction of sp³-hybridized carbons (Fsp3) is 0.207. The fourth-order valence-corrected chi connectivity index (χ4v) is 3.97. The number of aromatic nitrogens is 2. The monoisotopic (exact) mass is 531 g/mol. The van der Waals surface area contributed by atoms with E-state index in [1.54, 1.807) is 43.5 Å². The molecule has 0 saturated carbocycles. The molecule has 0 aliphatic rings. The second-order valence-electron chi connectivity index (χ2n) is 8.64. The number of amides is 3. The first-order chi connectivity index (χ1) is 18.9. The Labute approximate surface area is 226 Å². The molecular formula is C29H30FN5O4. The third kappa shape index (κ3) is 6.72. The van der Waals surface area contributed by atoms with Crippen molar-refractivity contribution in [2.75, 3.05) is 37.9 Å². The maximum absolute atomic E-state index is 13.6. The van der Waals surface area contributed by atoms with Crippen LogP contribution in [0.15, 0.2) is 78.9 Å². The summed E-state index contributed by atoms with van der Waals surface area (Å²) in [7, 11) is 3.04. The lowest BCUT2D eigenvalue weighted by molar-refractivity contribution is -0.116. The fourth-order valence-electron chi connectivity index (χ4n) is 3.97. The van der Waals surface area contributed by atoms with Crippen LogP contribution in [0.3, 0.4) is 0 Å². The van der Waals surface area contributed by atoms with Crippen molar-refractivity contribution < 1.29 is 23.5 Å². The highest BCUT2D eigenvalue weighted by molar-refractivity contribution is 5.97. The normalized spacial score (nSPS) is 10.6. The number of carbonyl (C=O) groups is 2. The second kappa shape index (κ2) is 12.6. The number of hydrogen-bond donors (Lipinski definition) is 2. The summed E-state index contributed by atoms with van der Waals surface area (Å²) in [5, 5.41) is 10.3. The molecule has 10 heteroatoms. The minimum Gasteiger partial charge on any atom is -0.497 e. The summed E-state index contributed by atoms with van der Waals surface area (Å²) in [6.45, 7) is 2.07. The highest BCUT2D eigenvalue weighted by atomic mass is 19.1. The van der Waals surface area contributed by atoms with Gasteiger partial charge in [0.25, 0.3) is 0 Å². The Bertz CT molecular complexity index is 1420. The molecule has 0 atom stereocenters. The number of benzene rings is 3. The summed E-state index contributed by atoms with van der Waals surface area (Å²) in [5.41, 5.74) is 2.51. The van der Waals surface area contributed by atoms with Crippen LogP contribution in [0.25, 0.3) is 16.9 Å². The van der Waals surface area contributed by atoms with Gasteiger partial charge in [0.1, 0.15) is 29.7 Å². The van der Waals surface area contributed by atoms with E-state index in [1.165, 1.54) is 28.8 Å². The Morgan fingerprint density at radius 2 is 1.69 bits per heavy atom. The van der Waals surface area contributed by atoms with Gasteiger partial charge in [-0.15, -0.1) is 0 Å². The molecule has 0 radical (unpaired) electrons. The molecule has 2 N–H and O–H groups in total. The molecule has 4 rings (SSSR count). The highest BCUT2D eigenvalue weighted by Gasteiger charge is 2.20. The number of ether oxygens (including phenoxy) is 2. The van der Waals surface area contributed by atoms with Gasteiger partial charge in [0.05, 0.1) is 31.3 Å². The van der Waals surface area contributed by atoms with Gasteiger partial charge in [0.2, 0.25) is 5.91 Å². The van der Waals surface area contributed by atoms with Crippen molar-refractivity contribution in [3.05, 3.63) is 84.7 Å². The lowest BCUT2D eigenvalue weighted by Crippen LogP contribution is -2.41. The van der Waals surface area contributed by atoms with E-state index in [1.807, 2.05) is 37.3 Å². The standard InChI is InChI=1S/C29H30FN5O4/c1-4-16-34(29(37)31-24-15-14-23(38-2)17-26(24)39-3)19-28(36)32-27-18-25(20-8-6-5-7-9-20)33-35(27)22-12-10-21(30)11-13-22/h5-15,17-18H,4,16,19H2,1-3H3,(H,31,37)(H,32,36). The summed E-state index contributed by atoms with van der Waals surface area (Å²) in [6.07, 6.45) is 0.645. The van der Waals surface area contributed by atoms with E-state index in [9.17, 15) is 14.0 Å². The largest absolute Gasteiger partial charge is 0.497 e. The van der Waals surface area contributed by atoms with Gasteiger partial charge in [-0.2, -0.15) is 5.10 Å². The minimum atomic E-state index is -0.451. The summed E-state index contributed by atoms with van der Waals surface area (Å²) in [6, 6.07) is 21.6. The topological polar surface area (TPSA) is 97.7 Å². The number of nitrogens with zero attached hydrogens (tertiary/aromatic N) is 3. The molecule has 0 aliphatic carbocycles. The number of anilines is 2. The zero-order valence-electron chi connectivity index (χ0n) is 22.0. The lowest BCUT2D eigenvalue weighted by Gasteiger charge is -2.23. The number of methoxy groups -OCH3 is 2. The van der Waals surface area contributed by atoms with E-state index in [2.05, 4.69) is 15.7 Å². The Hall–Kier alpha value is -4.86. The maximum Gasteiger partial charge on any atom is 0.322 e. The maximum atomic E-state index is 13.6. The number of nitrogens with one attached hydrogen (secondary N) is 2. The Morgan fingerprint density at radius 3 is 2.36 bits per heavy atom. The first kappa shape index (κ1) is 27.2. The van der Waals surface area contributed by atoms with Gasteiger partial charge < -0.3 is 25.0 Å². The molecule has 39 heavy (non-hydrogen) atoms. The van der Waals surface area contributed by atoms with E-state index in [0.29, 0.717) is 47.4 Å². The highest BCUT2D eigenvalue weighted by Crippen LogP contribution is 2.29. The van der Waals surface area contributed by atoms with Crippen LogP contribution < -0.4 is 20.1 Å². The van der Waals surface area contributed by atoms with Gasteiger partial charge in [0, 0.05) is 24.2 Å². The van der Waals surface area contributed by atoms with Crippen LogP contribution in [-0.4, -0.2) is 53.9 Å². The predicted octanol–water partition coefficient (Wildman–Crippen LogP) is 5.58. The quantitative estimate of drug-likeness (QED) is 0.279. The molecule has 0 spiro atoms. The van der Waals surface area contributed by atoms with Crippen molar-refractivity contribution in [2.45, 2.75) is 13.3 Å². The molecule has 1 aromatic heterocycles. The van der Waals surface area contributed by atoms with Crippen molar-refractivity contribution >= 4 is 23.4 Å². The van der Waals surface area contributed by atoms with E-state index in [0.717, 1.165) is 5.56 Å². The van der Waals surface area contributed by atoms with E-state index < -0.39 is 11.9 Å². The zero-order valence-corrected chi connectivity index (χ0v) is 22.0. The molecule has 0 fully saturated rings. The molecule has 3 amide bonds. The van der Waals surface area contributed by atoms with Crippen LogP contribution >= 0.6 is 0 Å². The third-order valence-electron chi connectivity index (χ3n) is 5.88. The van der Waals surface area contributed by atoms with E-state index >= 15 is 0 Å². The molecule has 9 nitrogen and oxygen atoms in total. The van der Waals surface area contributed by atoms with Crippen molar-refractivity contribution in [3.63, 3.8) is 0 Å². The van der Waals surface area contributed by atoms with Crippen LogP contribution in [-0.2, 0) is 4.79 Å². The van der Waals surface area contributed by atoms with Gasteiger partial charge in [-0.05, 0) is 42.8 Å². The van der Waals surface area contributed by atoms with Crippen LogP contribution in [0, 0.1) is 5.82 Å². The summed E-state index contributed by atoms with van der Waals surface area (Å²) >= 11 is 0. The number of carbonyl (C=O) groups excluding carboxylic acids is 2. The summed E-state index contributed by atoms with van der Waals surface area (Å²) < 4.78 is 25.7. The minimum absolute atomic E-state index is 0.201. The zero-order chi connectivity index (χ0) is 27.8. The first-order valence-corrected chi connectivity index (χ1v) is 12.4. The van der Waals surface area contributed by atoms with Gasteiger partial charge in [-0.3, -0.25) is 4.79 Å². The average Bonchev–Trinajstić information content (AvgIpc) is 3.37. The molecule has 3 aromatic carbocycles. The van der Waals surface area contributed by atoms with Crippen molar-refractivity contribution in [1.82, 2.24) is 14.7 Å². The van der Waals surface area contributed by atoms with Crippen LogP contribution in [0.4, 0.5) is 20.7 Å². The predicted molar refractivity (Wildman–Crippen MR) is 148 cm³/mol. The summed E-state index contributed by atoms with van der Waals surface area (Å²) in [5.74, 6) is 0.610. The third-order valence-corrected chi connectivity index (χ3v) is 5.88. The molecule has 0 aliphatic heterocycles. The molecule has 202 valence electrons. The summed E-state index contributed by atoms with van der Waals surface area (Å²) in [4.78, 5) is 27.7. The molecule has 1 heterocycles.